The van der Waals surface area contributed by atoms with Crippen LogP contribution in [0.2, 0.25) is 0 Å². The van der Waals surface area contributed by atoms with Crippen molar-refractivity contribution in [2.75, 3.05) is 13.1 Å². The van der Waals surface area contributed by atoms with Crippen molar-refractivity contribution < 1.29 is 4.74 Å². The molecule has 6 nitrogen and oxygen atoms in total. The van der Waals surface area contributed by atoms with Gasteiger partial charge in [-0.3, -0.25) is 9.58 Å². The molecule has 122 valence electrons. The highest BCUT2D eigenvalue weighted by atomic mass is 16.5. The average molecular weight is 313 g/mol. The summed E-state index contributed by atoms with van der Waals surface area (Å²) in [6, 6.07) is 2.28. The fraction of sp³-hybridized carbons (Fsp3) is 0.471. The number of ether oxygens (including phenoxy) is 1. The molecule has 0 saturated carbocycles. The van der Waals surface area contributed by atoms with Crippen LogP contribution >= 0.6 is 0 Å². The van der Waals surface area contributed by atoms with Crippen LogP contribution in [0.1, 0.15) is 24.1 Å². The first kappa shape index (κ1) is 15.7. The van der Waals surface area contributed by atoms with E-state index < -0.39 is 0 Å². The maximum Gasteiger partial charge on any atom is 0.316 e. The number of nitrogens with zero attached hydrogens (tertiary/aromatic N) is 5. The number of aromatic nitrogens is 4. The van der Waals surface area contributed by atoms with Crippen molar-refractivity contribution in [2.45, 2.75) is 39.0 Å². The molecule has 0 atom stereocenters. The minimum atomic E-state index is 0.207. The van der Waals surface area contributed by atoms with E-state index in [0.717, 1.165) is 44.7 Å². The van der Waals surface area contributed by atoms with Gasteiger partial charge in [0.25, 0.3) is 0 Å². The van der Waals surface area contributed by atoms with Crippen molar-refractivity contribution in [2.24, 2.45) is 0 Å². The number of piperidine rings is 1. The lowest BCUT2D eigenvalue weighted by Crippen LogP contribution is -2.38. The summed E-state index contributed by atoms with van der Waals surface area (Å²) in [5.41, 5.74) is 2.39. The maximum absolute atomic E-state index is 5.84. The number of rotatable bonds is 6. The summed E-state index contributed by atoms with van der Waals surface area (Å²) >= 11 is 0. The van der Waals surface area contributed by atoms with Crippen molar-refractivity contribution in [3.8, 4) is 6.01 Å². The molecule has 0 aliphatic carbocycles. The number of hydrogen-bond donors (Lipinski definition) is 0. The quantitative estimate of drug-likeness (QED) is 0.765. The largest absolute Gasteiger partial charge is 0.460 e. The highest BCUT2D eigenvalue weighted by Crippen LogP contribution is 2.18. The zero-order chi connectivity index (χ0) is 16.1. The molecule has 2 aromatic heterocycles. The third-order valence-electron chi connectivity index (χ3n) is 4.11. The van der Waals surface area contributed by atoms with Crippen LogP contribution in [0.4, 0.5) is 0 Å². The van der Waals surface area contributed by atoms with Gasteiger partial charge in [0.05, 0.1) is 12.2 Å². The minimum absolute atomic E-state index is 0.207. The van der Waals surface area contributed by atoms with Gasteiger partial charge in [0.2, 0.25) is 0 Å². The van der Waals surface area contributed by atoms with Crippen LogP contribution in [0.15, 0.2) is 37.3 Å². The van der Waals surface area contributed by atoms with Gasteiger partial charge in [-0.05, 0) is 25.8 Å². The lowest BCUT2D eigenvalue weighted by molar-refractivity contribution is 0.0891. The van der Waals surface area contributed by atoms with Crippen LogP contribution in [0, 0.1) is 6.92 Å². The normalized spacial score (nSPS) is 16.4. The smallest absolute Gasteiger partial charge is 0.316 e. The number of aryl methyl sites for hydroxylation is 1. The molecule has 0 radical (unpaired) electrons. The maximum atomic E-state index is 5.84. The second kappa shape index (κ2) is 7.37. The molecule has 1 aliphatic heterocycles. The third kappa shape index (κ3) is 4.16. The monoisotopic (exact) mass is 313 g/mol. The molecule has 0 aromatic carbocycles. The van der Waals surface area contributed by atoms with Crippen LogP contribution < -0.4 is 4.74 Å². The van der Waals surface area contributed by atoms with Crippen LogP contribution in [0.25, 0.3) is 0 Å². The summed E-state index contributed by atoms with van der Waals surface area (Å²) in [5, 5.41) is 4.51. The minimum Gasteiger partial charge on any atom is -0.460 e. The third-order valence-corrected chi connectivity index (χ3v) is 4.11. The van der Waals surface area contributed by atoms with Crippen LogP contribution in [-0.4, -0.2) is 43.8 Å². The molecule has 0 amide bonds. The Kier molecular flexibility index (Phi) is 5.02. The molecule has 0 unspecified atom stereocenters. The second-order valence-electron chi connectivity index (χ2n) is 5.88. The van der Waals surface area contributed by atoms with E-state index in [9.17, 15) is 0 Å². The molecule has 1 fully saturated rings. The molecule has 1 aliphatic rings. The summed E-state index contributed by atoms with van der Waals surface area (Å²) in [6.45, 7) is 9.56. The highest BCUT2D eigenvalue weighted by Gasteiger charge is 2.22. The van der Waals surface area contributed by atoms with Gasteiger partial charge in [-0.15, -0.1) is 6.58 Å². The first-order chi connectivity index (χ1) is 11.2. The van der Waals surface area contributed by atoms with Crippen molar-refractivity contribution in [1.82, 2.24) is 24.6 Å². The number of hydrogen-bond acceptors (Lipinski definition) is 5. The standard InChI is InChI=1S/C17H23N5O/c1-3-9-22-13-15(14(2)20-22)12-21-10-5-16(6-11-21)23-17-18-7-4-8-19-17/h3-4,7-8,13,16H,1,5-6,9-12H2,2H3. The molecule has 2 aromatic rings. The van der Waals surface area contributed by atoms with Gasteiger partial charge in [-0.1, -0.05) is 6.08 Å². The van der Waals surface area contributed by atoms with Gasteiger partial charge in [0, 0.05) is 43.8 Å². The van der Waals surface area contributed by atoms with E-state index in [1.54, 1.807) is 18.5 Å². The van der Waals surface area contributed by atoms with Gasteiger partial charge in [-0.25, -0.2) is 9.97 Å². The SMILES string of the molecule is C=CCn1cc(CN2CCC(Oc3ncccn3)CC2)c(C)n1. The summed E-state index contributed by atoms with van der Waals surface area (Å²) in [5.74, 6) is 0. The van der Waals surface area contributed by atoms with E-state index in [2.05, 4.69) is 39.7 Å². The van der Waals surface area contributed by atoms with Gasteiger partial charge in [0.15, 0.2) is 0 Å². The Labute approximate surface area is 136 Å². The van der Waals surface area contributed by atoms with Gasteiger partial charge < -0.3 is 4.74 Å². The first-order valence-electron chi connectivity index (χ1n) is 8.04. The van der Waals surface area contributed by atoms with E-state index >= 15 is 0 Å². The molecule has 0 spiro atoms. The van der Waals surface area contributed by atoms with Gasteiger partial charge in [-0.2, -0.15) is 5.10 Å². The van der Waals surface area contributed by atoms with E-state index in [4.69, 9.17) is 4.74 Å². The predicted octanol–water partition coefficient (Wildman–Crippen LogP) is 2.21. The van der Waals surface area contributed by atoms with Crippen molar-refractivity contribution in [1.29, 1.82) is 0 Å². The van der Waals surface area contributed by atoms with E-state index in [-0.39, 0.29) is 6.10 Å². The Bertz CT molecular complexity index is 632. The lowest BCUT2D eigenvalue weighted by Gasteiger charge is -2.31. The Morgan fingerprint density at radius 2 is 2.04 bits per heavy atom. The Morgan fingerprint density at radius 1 is 1.30 bits per heavy atom. The molecule has 23 heavy (non-hydrogen) atoms. The molecular formula is C17H23N5O. The molecule has 6 heteroatoms. The van der Waals surface area contributed by atoms with Gasteiger partial charge >= 0.3 is 6.01 Å². The summed E-state index contributed by atoms with van der Waals surface area (Å²) in [4.78, 5) is 10.7. The van der Waals surface area contributed by atoms with E-state index in [1.165, 1.54) is 5.56 Å². The molecular weight excluding hydrogens is 290 g/mol. The molecule has 0 bridgehead atoms. The number of allylic oxidation sites excluding steroid dienone is 1. The zero-order valence-electron chi connectivity index (χ0n) is 13.6. The second-order valence-corrected chi connectivity index (χ2v) is 5.88. The van der Waals surface area contributed by atoms with Crippen molar-refractivity contribution in [3.05, 3.63) is 48.6 Å². The number of likely N-dealkylation sites (tertiary alicyclic amines) is 1. The Hall–Kier alpha value is -2.21. The topological polar surface area (TPSA) is 56.1 Å². The van der Waals surface area contributed by atoms with E-state index in [1.807, 2.05) is 10.8 Å². The predicted molar refractivity (Wildman–Crippen MR) is 88.1 cm³/mol. The molecule has 0 N–H and O–H groups in total. The fourth-order valence-electron chi connectivity index (χ4n) is 2.86. The van der Waals surface area contributed by atoms with Gasteiger partial charge in [0.1, 0.15) is 6.10 Å². The zero-order valence-corrected chi connectivity index (χ0v) is 13.6. The van der Waals surface area contributed by atoms with Crippen LogP contribution in [0.5, 0.6) is 6.01 Å². The Morgan fingerprint density at radius 3 is 2.74 bits per heavy atom. The fourth-order valence-corrected chi connectivity index (χ4v) is 2.86. The molecule has 1 saturated heterocycles. The molecule has 3 rings (SSSR count). The summed E-state index contributed by atoms with van der Waals surface area (Å²) in [7, 11) is 0. The van der Waals surface area contributed by atoms with E-state index in [0.29, 0.717) is 6.01 Å². The molecule has 3 heterocycles. The lowest BCUT2D eigenvalue weighted by atomic mass is 10.1. The van der Waals surface area contributed by atoms with Crippen LogP contribution in [-0.2, 0) is 13.1 Å². The average Bonchev–Trinajstić information content (AvgIpc) is 2.90. The van der Waals surface area contributed by atoms with Crippen molar-refractivity contribution in [3.63, 3.8) is 0 Å². The summed E-state index contributed by atoms with van der Waals surface area (Å²) < 4.78 is 7.78. The first-order valence-corrected chi connectivity index (χ1v) is 8.04. The van der Waals surface area contributed by atoms with Crippen LogP contribution in [0.3, 0.4) is 0 Å². The Balaban J connectivity index is 1.50. The summed E-state index contributed by atoms with van der Waals surface area (Å²) in [6.07, 6.45) is 9.61. The highest BCUT2D eigenvalue weighted by molar-refractivity contribution is 5.15. The van der Waals surface area contributed by atoms with Crippen molar-refractivity contribution >= 4 is 0 Å².